The lowest BCUT2D eigenvalue weighted by molar-refractivity contribution is 0.191. The summed E-state index contributed by atoms with van der Waals surface area (Å²) in [5.41, 5.74) is 0. The van der Waals surface area contributed by atoms with Crippen LogP contribution in [0.4, 0.5) is 4.39 Å². The number of halogens is 1. The van der Waals surface area contributed by atoms with E-state index in [1.807, 2.05) is 0 Å². The average Bonchev–Trinajstić information content (AvgIpc) is 2.48. The Morgan fingerprint density at radius 2 is 2.58 bits per heavy atom. The van der Waals surface area contributed by atoms with E-state index in [0.29, 0.717) is 5.76 Å². The molecule has 4 nitrogen and oxygen atoms in total. The van der Waals surface area contributed by atoms with Gasteiger partial charge in [0.2, 0.25) is 0 Å². The maximum atomic E-state index is 12.2. The van der Waals surface area contributed by atoms with Crippen LogP contribution >= 0.6 is 0 Å². The predicted octanol–water partition coefficient (Wildman–Crippen LogP) is 0.904. The number of ether oxygens (including phenoxy) is 1. The second kappa shape index (κ2) is 4.06. The Morgan fingerprint density at radius 3 is 3.08 bits per heavy atom. The van der Waals surface area contributed by atoms with Crippen molar-refractivity contribution in [3.8, 4) is 5.88 Å². The maximum absolute atomic E-state index is 12.2. The van der Waals surface area contributed by atoms with Gasteiger partial charge in [-0.25, -0.2) is 4.39 Å². The summed E-state index contributed by atoms with van der Waals surface area (Å²) in [6, 6.07) is 1.42. The number of hydrogen-bond acceptors (Lipinski definition) is 4. The van der Waals surface area contributed by atoms with Gasteiger partial charge in [-0.1, -0.05) is 0 Å². The molecular weight excluding hydrogens is 165 g/mol. The van der Waals surface area contributed by atoms with Crippen LogP contribution in [0.3, 0.4) is 0 Å². The van der Waals surface area contributed by atoms with Gasteiger partial charge in [-0.3, -0.25) is 0 Å². The fourth-order valence-electron chi connectivity index (χ4n) is 0.637. The Kier molecular flexibility index (Phi) is 3.04. The average molecular weight is 175 g/mol. The number of nitrogens with zero attached hydrogens (tertiary/aromatic N) is 1. The summed E-state index contributed by atoms with van der Waals surface area (Å²) >= 11 is 0. The zero-order valence-electron chi connectivity index (χ0n) is 6.66. The minimum atomic E-state index is -1.04. The zero-order valence-corrected chi connectivity index (χ0v) is 6.66. The fourth-order valence-corrected chi connectivity index (χ4v) is 0.637. The Labute approximate surface area is 68.9 Å². The molecule has 68 valence electrons. The van der Waals surface area contributed by atoms with Crippen molar-refractivity contribution in [2.24, 2.45) is 0 Å². The molecule has 1 rings (SSSR count). The van der Waals surface area contributed by atoms with Gasteiger partial charge < -0.3 is 14.4 Å². The van der Waals surface area contributed by atoms with Crippen LogP contribution in [0.2, 0.25) is 0 Å². The van der Waals surface area contributed by atoms with E-state index in [1.165, 1.54) is 13.0 Å². The molecule has 0 aliphatic heterocycles. The molecule has 0 bridgehead atoms. The van der Waals surface area contributed by atoms with E-state index < -0.39 is 6.17 Å². The topological polar surface area (TPSA) is 55.5 Å². The second-order valence-electron chi connectivity index (χ2n) is 2.38. The third kappa shape index (κ3) is 2.50. The Balaban J connectivity index is 2.41. The molecule has 1 atom stereocenters. The van der Waals surface area contributed by atoms with E-state index in [4.69, 9.17) is 9.84 Å². The minimum absolute atomic E-state index is 0.0581. The lowest BCUT2D eigenvalue weighted by Crippen LogP contribution is -2.08. The van der Waals surface area contributed by atoms with E-state index in [-0.39, 0.29) is 19.1 Å². The molecule has 0 aliphatic carbocycles. The van der Waals surface area contributed by atoms with Crippen molar-refractivity contribution in [2.75, 3.05) is 6.61 Å². The smallest absolute Gasteiger partial charge is 0.254 e. The van der Waals surface area contributed by atoms with Crippen molar-refractivity contribution in [1.29, 1.82) is 0 Å². The Hall–Kier alpha value is -1.10. The molecule has 12 heavy (non-hydrogen) atoms. The number of rotatable bonds is 4. The molecule has 0 radical (unpaired) electrons. The van der Waals surface area contributed by atoms with Gasteiger partial charge in [0, 0.05) is 6.07 Å². The normalized spacial score (nSPS) is 12.9. The highest BCUT2D eigenvalue weighted by Crippen LogP contribution is 2.11. The molecule has 0 saturated carbocycles. The van der Waals surface area contributed by atoms with E-state index in [0.717, 1.165) is 0 Å². The number of aliphatic hydroxyl groups is 1. The quantitative estimate of drug-likeness (QED) is 0.738. The van der Waals surface area contributed by atoms with Crippen LogP contribution in [-0.4, -0.2) is 23.0 Å². The van der Waals surface area contributed by atoms with Crippen LogP contribution in [0.25, 0.3) is 0 Å². The molecule has 0 fully saturated rings. The standard InChI is InChI=1S/C7H10FNO3/c1-5(8)4-11-7-2-6(3-10)12-9-7/h2,5,10H,3-4H2,1H3. The van der Waals surface area contributed by atoms with E-state index in [2.05, 4.69) is 9.68 Å². The molecule has 1 unspecified atom stereocenters. The summed E-state index contributed by atoms with van der Waals surface area (Å²) in [4.78, 5) is 0. The van der Waals surface area contributed by atoms with Crippen molar-refractivity contribution in [1.82, 2.24) is 5.16 Å². The van der Waals surface area contributed by atoms with Gasteiger partial charge in [0.1, 0.15) is 19.4 Å². The first-order valence-corrected chi connectivity index (χ1v) is 3.55. The van der Waals surface area contributed by atoms with E-state index in [1.54, 1.807) is 0 Å². The Bertz CT molecular complexity index is 236. The van der Waals surface area contributed by atoms with Crippen LogP contribution in [0, 0.1) is 0 Å². The third-order valence-corrected chi connectivity index (χ3v) is 1.15. The molecule has 1 aromatic heterocycles. The van der Waals surface area contributed by atoms with Crippen LogP contribution < -0.4 is 4.74 Å². The number of aromatic nitrogens is 1. The first-order chi connectivity index (χ1) is 5.72. The summed E-state index contributed by atoms with van der Waals surface area (Å²) in [5, 5.41) is 12.0. The van der Waals surface area contributed by atoms with Crippen molar-refractivity contribution < 1.29 is 18.8 Å². The molecule has 1 aromatic rings. The first kappa shape index (κ1) is 8.99. The lowest BCUT2D eigenvalue weighted by atomic mass is 10.4. The fraction of sp³-hybridized carbons (Fsp3) is 0.571. The molecule has 1 heterocycles. The van der Waals surface area contributed by atoms with Crippen molar-refractivity contribution in [2.45, 2.75) is 19.7 Å². The van der Waals surface area contributed by atoms with Crippen LogP contribution in [-0.2, 0) is 6.61 Å². The van der Waals surface area contributed by atoms with Crippen molar-refractivity contribution in [3.63, 3.8) is 0 Å². The molecule has 0 aromatic carbocycles. The van der Waals surface area contributed by atoms with Crippen LogP contribution in [0.1, 0.15) is 12.7 Å². The molecular formula is C7H10FNO3. The van der Waals surface area contributed by atoms with Crippen molar-refractivity contribution in [3.05, 3.63) is 11.8 Å². The third-order valence-electron chi connectivity index (χ3n) is 1.15. The van der Waals surface area contributed by atoms with Gasteiger partial charge in [0.15, 0.2) is 5.76 Å². The monoisotopic (exact) mass is 175 g/mol. The predicted molar refractivity (Wildman–Crippen MR) is 38.5 cm³/mol. The highest BCUT2D eigenvalue weighted by Gasteiger charge is 2.05. The Morgan fingerprint density at radius 1 is 1.83 bits per heavy atom. The molecule has 5 heteroatoms. The van der Waals surface area contributed by atoms with Gasteiger partial charge in [0.25, 0.3) is 5.88 Å². The first-order valence-electron chi connectivity index (χ1n) is 3.55. The highest BCUT2D eigenvalue weighted by molar-refractivity contribution is 5.09. The number of alkyl halides is 1. The highest BCUT2D eigenvalue weighted by atomic mass is 19.1. The van der Waals surface area contributed by atoms with Gasteiger partial charge in [0.05, 0.1) is 0 Å². The van der Waals surface area contributed by atoms with Crippen LogP contribution in [0.15, 0.2) is 10.6 Å². The van der Waals surface area contributed by atoms with Gasteiger partial charge in [-0.15, -0.1) is 0 Å². The van der Waals surface area contributed by atoms with Gasteiger partial charge in [-0.05, 0) is 12.1 Å². The number of hydrogen-bond donors (Lipinski definition) is 1. The van der Waals surface area contributed by atoms with Crippen molar-refractivity contribution >= 4 is 0 Å². The summed E-state index contributed by atoms with van der Waals surface area (Å²) in [6.07, 6.45) is -1.04. The molecule has 0 saturated heterocycles. The molecule has 0 amide bonds. The molecule has 1 N–H and O–H groups in total. The number of aliphatic hydroxyl groups excluding tert-OH is 1. The van der Waals surface area contributed by atoms with E-state index in [9.17, 15) is 4.39 Å². The molecule has 0 spiro atoms. The lowest BCUT2D eigenvalue weighted by Gasteiger charge is -2.00. The summed E-state index contributed by atoms with van der Waals surface area (Å²) in [6.45, 7) is 1.09. The van der Waals surface area contributed by atoms with Crippen LogP contribution in [0.5, 0.6) is 5.88 Å². The summed E-state index contributed by atoms with van der Waals surface area (Å²) < 4.78 is 21.7. The zero-order chi connectivity index (χ0) is 8.97. The second-order valence-corrected chi connectivity index (χ2v) is 2.38. The molecule has 0 aliphatic rings. The summed E-state index contributed by atoms with van der Waals surface area (Å²) in [7, 11) is 0. The maximum Gasteiger partial charge on any atom is 0.254 e. The van der Waals surface area contributed by atoms with Gasteiger partial charge >= 0.3 is 0 Å². The minimum Gasteiger partial charge on any atom is -0.472 e. The SMILES string of the molecule is CC(F)COc1cc(CO)on1. The van der Waals surface area contributed by atoms with Gasteiger partial charge in [-0.2, -0.15) is 0 Å². The van der Waals surface area contributed by atoms with E-state index >= 15 is 0 Å². The summed E-state index contributed by atoms with van der Waals surface area (Å²) in [5.74, 6) is 0.500. The largest absolute Gasteiger partial charge is 0.472 e.